The summed E-state index contributed by atoms with van der Waals surface area (Å²) in [5, 5.41) is 13.1. The highest BCUT2D eigenvalue weighted by atomic mass is 35.5. The molecule has 0 saturated heterocycles. The highest BCUT2D eigenvalue weighted by Crippen LogP contribution is 2.31. The second-order valence-electron chi connectivity index (χ2n) is 10.2. The van der Waals surface area contributed by atoms with Gasteiger partial charge in [-0.05, 0) is 73.7 Å². The number of hydrogen-bond donors (Lipinski definition) is 7. The predicted molar refractivity (Wildman–Crippen MR) is 165 cm³/mol. The molecule has 0 unspecified atom stereocenters. The first-order valence-corrected chi connectivity index (χ1v) is 14.1. The standard InChI is InChI=1S/C29H37ClFN9O2/c30-24-11-18(2-1-3-20(33)16-41)10-23(26(24)31)25-12-19-15-40(29(42)39-27(19)38-25)22-6-4-17(5-7-22)14-36-9-8-21(13-32)37-28(34)35/h4-7,10-12,15,20-21,36,41H,1-3,8-9,13-14,16,32-33H2,(H4,34,35,37)(H,38,39,42)/t20-,21+/m1/s1. The van der Waals surface area contributed by atoms with Crippen molar-refractivity contribution in [3.63, 3.8) is 0 Å². The Hall–Kier alpha value is -3.81. The van der Waals surface area contributed by atoms with Crippen molar-refractivity contribution in [1.29, 1.82) is 0 Å². The summed E-state index contributed by atoms with van der Waals surface area (Å²) < 4.78 is 16.5. The van der Waals surface area contributed by atoms with E-state index in [0.29, 0.717) is 61.3 Å². The lowest BCUT2D eigenvalue weighted by Gasteiger charge is -2.11. The van der Waals surface area contributed by atoms with E-state index in [2.05, 4.69) is 20.3 Å². The molecule has 0 radical (unpaired) electrons. The summed E-state index contributed by atoms with van der Waals surface area (Å²) in [7, 11) is 0. The fourth-order valence-corrected chi connectivity index (χ4v) is 4.93. The Bertz CT molecular complexity index is 1580. The SMILES string of the molecule is NC[C@H](CCNCc1ccc(-n2cc3cc(-c4cc(CCC[C@@H](N)CO)cc(Cl)c4F)[nH]c3nc2=O)cc1)N=C(N)N. The number of fused-ring (bicyclic) bond motifs is 1. The van der Waals surface area contributed by atoms with Gasteiger partial charge in [0.15, 0.2) is 11.8 Å². The lowest BCUT2D eigenvalue weighted by atomic mass is 10.0. The van der Waals surface area contributed by atoms with E-state index in [9.17, 15) is 4.79 Å². The van der Waals surface area contributed by atoms with E-state index in [1.807, 2.05) is 24.3 Å². The molecule has 0 bridgehead atoms. The number of aromatic nitrogens is 3. The van der Waals surface area contributed by atoms with Crippen molar-refractivity contribution in [2.24, 2.45) is 27.9 Å². The predicted octanol–water partition coefficient (Wildman–Crippen LogP) is 1.90. The molecule has 0 aliphatic rings. The fourth-order valence-electron chi connectivity index (χ4n) is 4.69. The van der Waals surface area contributed by atoms with Gasteiger partial charge in [0.1, 0.15) is 5.65 Å². The van der Waals surface area contributed by atoms with Crippen LogP contribution in [0.3, 0.4) is 0 Å². The number of benzene rings is 2. The maximum atomic E-state index is 15.1. The van der Waals surface area contributed by atoms with E-state index in [1.165, 1.54) is 4.57 Å². The second kappa shape index (κ2) is 14.4. The smallest absolute Gasteiger partial charge is 0.354 e. The Kier molecular flexibility index (Phi) is 10.7. The minimum atomic E-state index is -0.562. The summed E-state index contributed by atoms with van der Waals surface area (Å²) >= 11 is 6.21. The summed E-state index contributed by atoms with van der Waals surface area (Å²) in [6, 6.07) is 12.2. The molecule has 2 atom stereocenters. The summed E-state index contributed by atoms with van der Waals surface area (Å²) in [4.78, 5) is 24.2. The summed E-state index contributed by atoms with van der Waals surface area (Å²) in [6.07, 6.45) is 4.36. The molecule has 4 aromatic rings. The molecule has 0 saturated carbocycles. The highest BCUT2D eigenvalue weighted by Gasteiger charge is 2.16. The Morgan fingerprint density at radius 3 is 2.62 bits per heavy atom. The molecule has 2 aromatic heterocycles. The Morgan fingerprint density at radius 1 is 1.17 bits per heavy atom. The molecule has 13 heteroatoms. The largest absolute Gasteiger partial charge is 0.395 e. The number of aliphatic imine (C=N–C) groups is 1. The molecule has 11 N–H and O–H groups in total. The number of aliphatic hydroxyl groups excluding tert-OH is 1. The number of nitrogens with zero attached hydrogens (tertiary/aromatic N) is 3. The number of aliphatic hydroxyl groups is 1. The zero-order valence-corrected chi connectivity index (χ0v) is 23.9. The summed E-state index contributed by atoms with van der Waals surface area (Å²) in [6.45, 7) is 1.58. The van der Waals surface area contributed by atoms with Gasteiger partial charge in [-0.15, -0.1) is 0 Å². The first kappa shape index (κ1) is 31.1. The minimum Gasteiger partial charge on any atom is -0.395 e. The summed E-state index contributed by atoms with van der Waals surface area (Å²) in [5.41, 5.74) is 25.5. The molecule has 42 heavy (non-hydrogen) atoms. The molecule has 0 fully saturated rings. The Labute approximate surface area is 247 Å². The maximum Gasteiger partial charge on any atom is 0.354 e. The molecule has 0 amide bonds. The Balaban J connectivity index is 1.48. The number of rotatable bonds is 14. The molecule has 11 nitrogen and oxygen atoms in total. The topological polar surface area (TPSA) is 199 Å². The van der Waals surface area contributed by atoms with Crippen molar-refractivity contribution in [3.05, 3.63) is 81.1 Å². The van der Waals surface area contributed by atoms with Crippen LogP contribution in [-0.2, 0) is 13.0 Å². The normalized spacial score (nSPS) is 12.9. The van der Waals surface area contributed by atoms with Crippen LogP contribution in [0, 0.1) is 5.82 Å². The van der Waals surface area contributed by atoms with E-state index in [4.69, 9.17) is 39.6 Å². The number of guanidine groups is 1. The zero-order chi connectivity index (χ0) is 30.2. The molecule has 0 aliphatic heterocycles. The van der Waals surface area contributed by atoms with Gasteiger partial charge in [-0.2, -0.15) is 4.98 Å². The first-order chi connectivity index (χ1) is 20.2. The number of halogens is 2. The average Bonchev–Trinajstić information content (AvgIpc) is 3.38. The van der Waals surface area contributed by atoms with Crippen molar-refractivity contribution in [1.82, 2.24) is 19.9 Å². The van der Waals surface area contributed by atoms with Crippen LogP contribution in [0.4, 0.5) is 4.39 Å². The summed E-state index contributed by atoms with van der Waals surface area (Å²) in [5.74, 6) is -0.536. The van der Waals surface area contributed by atoms with Gasteiger partial charge < -0.3 is 38.3 Å². The van der Waals surface area contributed by atoms with Crippen LogP contribution in [0.5, 0.6) is 0 Å². The maximum absolute atomic E-state index is 15.1. The molecule has 4 rings (SSSR count). The minimum absolute atomic E-state index is 0.00249. The monoisotopic (exact) mass is 597 g/mol. The van der Waals surface area contributed by atoms with Gasteiger partial charge in [0.2, 0.25) is 0 Å². The van der Waals surface area contributed by atoms with Crippen molar-refractivity contribution in [2.75, 3.05) is 19.7 Å². The van der Waals surface area contributed by atoms with Crippen molar-refractivity contribution in [3.8, 4) is 16.9 Å². The van der Waals surface area contributed by atoms with Gasteiger partial charge in [-0.1, -0.05) is 23.7 Å². The van der Waals surface area contributed by atoms with Gasteiger partial charge in [-0.25, -0.2) is 14.2 Å². The van der Waals surface area contributed by atoms with E-state index in [1.54, 1.807) is 24.4 Å². The third-order valence-corrected chi connectivity index (χ3v) is 7.24. The van der Waals surface area contributed by atoms with Crippen molar-refractivity contribution >= 4 is 28.6 Å². The lowest BCUT2D eigenvalue weighted by molar-refractivity contribution is 0.258. The number of hydrogen-bond acceptors (Lipinski definition) is 7. The number of nitrogens with two attached hydrogens (primary N) is 4. The van der Waals surface area contributed by atoms with Crippen molar-refractivity contribution in [2.45, 2.75) is 44.3 Å². The van der Waals surface area contributed by atoms with Crippen molar-refractivity contribution < 1.29 is 9.50 Å². The third kappa shape index (κ3) is 7.93. The number of aryl methyl sites for hydroxylation is 1. The quantitative estimate of drug-likeness (QED) is 0.0649. The highest BCUT2D eigenvalue weighted by molar-refractivity contribution is 6.31. The number of aromatic amines is 1. The molecule has 2 heterocycles. The number of H-pyrrole nitrogens is 1. The molecule has 2 aromatic carbocycles. The van der Waals surface area contributed by atoms with Gasteiger partial charge in [-0.3, -0.25) is 4.57 Å². The second-order valence-corrected chi connectivity index (χ2v) is 10.6. The third-order valence-electron chi connectivity index (χ3n) is 6.96. The van der Waals surface area contributed by atoms with E-state index in [-0.39, 0.29) is 35.2 Å². The van der Waals surface area contributed by atoms with Crippen LogP contribution in [0.15, 0.2) is 58.4 Å². The number of nitrogens with one attached hydrogen (secondary N) is 2. The molecule has 0 aliphatic carbocycles. The van der Waals surface area contributed by atoms with E-state index >= 15 is 4.39 Å². The molecule has 0 spiro atoms. The lowest BCUT2D eigenvalue weighted by Crippen LogP contribution is -2.30. The first-order valence-electron chi connectivity index (χ1n) is 13.7. The molecular formula is C29H37ClFN9O2. The van der Waals surface area contributed by atoms with E-state index < -0.39 is 11.5 Å². The van der Waals surface area contributed by atoms with Gasteiger partial charge in [0, 0.05) is 36.3 Å². The van der Waals surface area contributed by atoms with Crippen LogP contribution >= 0.6 is 11.6 Å². The van der Waals surface area contributed by atoms with Gasteiger partial charge >= 0.3 is 5.69 Å². The zero-order valence-electron chi connectivity index (χ0n) is 23.2. The van der Waals surface area contributed by atoms with Crippen LogP contribution in [0.1, 0.15) is 30.4 Å². The van der Waals surface area contributed by atoms with Crippen LogP contribution in [-0.4, -0.2) is 57.4 Å². The van der Waals surface area contributed by atoms with Crippen LogP contribution in [0.25, 0.3) is 28.0 Å². The fraction of sp³-hybridized carbons (Fsp3) is 0.345. The van der Waals surface area contributed by atoms with Gasteiger partial charge in [0.05, 0.1) is 29.1 Å². The molecule has 224 valence electrons. The van der Waals surface area contributed by atoms with Crippen LogP contribution < -0.4 is 33.9 Å². The Morgan fingerprint density at radius 2 is 1.93 bits per heavy atom. The average molecular weight is 598 g/mol. The molecular weight excluding hydrogens is 561 g/mol. The van der Waals surface area contributed by atoms with Crippen LogP contribution in [0.2, 0.25) is 5.02 Å². The van der Waals surface area contributed by atoms with E-state index in [0.717, 1.165) is 17.5 Å². The van der Waals surface area contributed by atoms with Gasteiger partial charge in [0.25, 0.3) is 0 Å².